The van der Waals surface area contributed by atoms with Crippen molar-refractivity contribution in [1.82, 2.24) is 0 Å². The van der Waals surface area contributed by atoms with Gasteiger partial charge in [0.1, 0.15) is 0 Å². The third-order valence-corrected chi connectivity index (χ3v) is 3.58. The van der Waals surface area contributed by atoms with E-state index in [9.17, 15) is 21.6 Å². The highest BCUT2D eigenvalue weighted by Gasteiger charge is 2.37. The van der Waals surface area contributed by atoms with Gasteiger partial charge in [0, 0.05) is 5.92 Å². The van der Waals surface area contributed by atoms with Crippen molar-refractivity contribution < 1.29 is 26.3 Å². The molecule has 0 aromatic heterocycles. The van der Waals surface area contributed by atoms with Crippen molar-refractivity contribution in [2.24, 2.45) is 5.14 Å². The summed E-state index contributed by atoms with van der Waals surface area (Å²) in [5.41, 5.74) is 0.566. The molecule has 2 atom stereocenters. The van der Waals surface area contributed by atoms with Crippen molar-refractivity contribution in [1.29, 1.82) is 0 Å². The van der Waals surface area contributed by atoms with Crippen molar-refractivity contribution >= 4 is 10.0 Å². The quantitative estimate of drug-likeness (QED) is 0.874. The van der Waals surface area contributed by atoms with E-state index >= 15 is 0 Å². The lowest BCUT2D eigenvalue weighted by Crippen LogP contribution is -2.32. The Morgan fingerprint density at radius 1 is 1.25 bits per heavy atom. The third-order valence-electron chi connectivity index (χ3n) is 2.71. The van der Waals surface area contributed by atoms with E-state index in [2.05, 4.69) is 0 Å². The number of ether oxygens (including phenoxy) is 1. The zero-order valence-electron chi connectivity index (χ0n) is 10.8. The number of hydrogen-bond acceptors (Lipinski definition) is 3. The summed E-state index contributed by atoms with van der Waals surface area (Å²) in [6.07, 6.45) is -6.45. The van der Waals surface area contributed by atoms with Crippen molar-refractivity contribution in [2.45, 2.75) is 25.1 Å². The standard InChI is InChI=1S/C12H16F3NO3S/c1-9(12(13,14)15)19-7-11(8-20(16,17)18)10-5-3-2-4-6-10/h2-6,9,11H,7-8H2,1H3,(H2,16,17,18). The molecule has 0 fully saturated rings. The van der Waals surface area contributed by atoms with E-state index in [0.29, 0.717) is 5.56 Å². The Labute approximate surface area is 115 Å². The van der Waals surface area contributed by atoms with Crippen LogP contribution in [-0.4, -0.2) is 33.1 Å². The number of sulfonamides is 1. The van der Waals surface area contributed by atoms with E-state index < -0.39 is 34.0 Å². The molecule has 20 heavy (non-hydrogen) atoms. The van der Waals surface area contributed by atoms with Gasteiger partial charge in [0.2, 0.25) is 10.0 Å². The summed E-state index contributed by atoms with van der Waals surface area (Å²) in [7, 11) is -3.82. The maximum atomic E-state index is 12.4. The summed E-state index contributed by atoms with van der Waals surface area (Å²) in [4.78, 5) is 0. The molecule has 0 amide bonds. The SMILES string of the molecule is CC(OCC(CS(N)(=O)=O)c1ccccc1)C(F)(F)F. The number of hydrogen-bond donors (Lipinski definition) is 1. The molecule has 1 rings (SSSR count). The molecule has 0 aliphatic rings. The van der Waals surface area contributed by atoms with Gasteiger partial charge in [-0.3, -0.25) is 0 Å². The molecular weight excluding hydrogens is 295 g/mol. The van der Waals surface area contributed by atoms with Crippen LogP contribution in [0.4, 0.5) is 13.2 Å². The van der Waals surface area contributed by atoms with E-state index in [0.717, 1.165) is 6.92 Å². The number of rotatable bonds is 6. The Morgan fingerprint density at radius 2 is 1.80 bits per heavy atom. The van der Waals surface area contributed by atoms with Crippen molar-refractivity contribution in [3.63, 3.8) is 0 Å². The van der Waals surface area contributed by atoms with E-state index in [1.807, 2.05) is 0 Å². The fourth-order valence-electron chi connectivity index (χ4n) is 1.60. The smallest absolute Gasteiger partial charge is 0.368 e. The number of primary sulfonamides is 1. The normalized spacial score (nSPS) is 15.8. The molecule has 0 saturated carbocycles. The first-order valence-corrected chi connectivity index (χ1v) is 7.55. The predicted octanol–water partition coefficient (Wildman–Crippen LogP) is 2.03. The van der Waals surface area contributed by atoms with Gasteiger partial charge < -0.3 is 4.74 Å². The second-order valence-electron chi connectivity index (χ2n) is 4.45. The van der Waals surface area contributed by atoms with Crippen molar-refractivity contribution in [3.8, 4) is 0 Å². The Morgan fingerprint density at radius 3 is 2.25 bits per heavy atom. The maximum absolute atomic E-state index is 12.4. The van der Waals surface area contributed by atoms with Crippen LogP contribution in [0.1, 0.15) is 18.4 Å². The van der Waals surface area contributed by atoms with Gasteiger partial charge in [0.15, 0.2) is 6.10 Å². The van der Waals surface area contributed by atoms with Gasteiger partial charge >= 0.3 is 6.18 Å². The highest BCUT2D eigenvalue weighted by molar-refractivity contribution is 7.89. The largest absolute Gasteiger partial charge is 0.414 e. The maximum Gasteiger partial charge on any atom is 0.414 e. The van der Waals surface area contributed by atoms with Crippen LogP contribution in [0.2, 0.25) is 0 Å². The first-order chi connectivity index (χ1) is 9.09. The lowest BCUT2D eigenvalue weighted by atomic mass is 10.0. The molecule has 0 bridgehead atoms. The molecule has 2 N–H and O–H groups in total. The third kappa shape index (κ3) is 5.89. The number of alkyl halides is 3. The molecule has 0 saturated heterocycles. The molecular formula is C12H16F3NO3S. The number of benzene rings is 1. The molecule has 114 valence electrons. The van der Waals surface area contributed by atoms with Crippen molar-refractivity contribution in [2.75, 3.05) is 12.4 Å². The first kappa shape index (κ1) is 16.9. The molecule has 4 nitrogen and oxygen atoms in total. The van der Waals surface area contributed by atoms with Gasteiger partial charge in [-0.15, -0.1) is 0 Å². The second-order valence-corrected chi connectivity index (χ2v) is 6.11. The van der Waals surface area contributed by atoms with E-state index in [-0.39, 0.29) is 6.61 Å². The summed E-state index contributed by atoms with van der Waals surface area (Å²) in [5.74, 6) is -1.21. The monoisotopic (exact) mass is 311 g/mol. The van der Waals surface area contributed by atoms with E-state index in [4.69, 9.17) is 9.88 Å². The lowest BCUT2D eigenvalue weighted by molar-refractivity contribution is -0.214. The average Bonchev–Trinajstić information content (AvgIpc) is 2.32. The Balaban J connectivity index is 2.80. The molecule has 1 aromatic rings. The van der Waals surface area contributed by atoms with Crippen LogP contribution in [0.3, 0.4) is 0 Å². The van der Waals surface area contributed by atoms with Gasteiger partial charge in [0.05, 0.1) is 12.4 Å². The summed E-state index contributed by atoms with van der Waals surface area (Å²) in [5, 5.41) is 4.96. The highest BCUT2D eigenvalue weighted by Crippen LogP contribution is 2.25. The zero-order chi connectivity index (χ0) is 15.4. The highest BCUT2D eigenvalue weighted by atomic mass is 32.2. The van der Waals surface area contributed by atoms with Crippen LogP contribution >= 0.6 is 0 Å². The lowest BCUT2D eigenvalue weighted by Gasteiger charge is -2.21. The minimum atomic E-state index is -4.48. The van der Waals surface area contributed by atoms with E-state index in [1.165, 1.54) is 0 Å². The van der Waals surface area contributed by atoms with Crippen LogP contribution < -0.4 is 5.14 Å². The van der Waals surface area contributed by atoms with Gasteiger partial charge in [-0.2, -0.15) is 13.2 Å². The topological polar surface area (TPSA) is 69.4 Å². The van der Waals surface area contributed by atoms with Crippen LogP contribution in [-0.2, 0) is 14.8 Å². The van der Waals surface area contributed by atoms with Crippen molar-refractivity contribution in [3.05, 3.63) is 35.9 Å². The Kier molecular flexibility index (Phi) is 5.55. The molecule has 0 radical (unpaired) electrons. The van der Waals surface area contributed by atoms with Gasteiger partial charge in [0.25, 0.3) is 0 Å². The molecule has 8 heteroatoms. The molecule has 1 aromatic carbocycles. The summed E-state index contributed by atoms with van der Waals surface area (Å²) in [6.45, 7) is 0.500. The van der Waals surface area contributed by atoms with E-state index in [1.54, 1.807) is 30.3 Å². The fourth-order valence-corrected chi connectivity index (χ4v) is 2.45. The molecule has 0 heterocycles. The van der Waals surface area contributed by atoms with Gasteiger partial charge in [-0.1, -0.05) is 30.3 Å². The van der Waals surface area contributed by atoms with Crippen LogP contribution in [0.15, 0.2) is 30.3 Å². The minimum Gasteiger partial charge on any atom is -0.368 e. The average molecular weight is 311 g/mol. The first-order valence-electron chi connectivity index (χ1n) is 5.83. The Bertz CT molecular complexity index is 516. The fraction of sp³-hybridized carbons (Fsp3) is 0.500. The Hall–Kier alpha value is -1.12. The molecule has 0 aliphatic carbocycles. The minimum absolute atomic E-state index is 0.374. The second kappa shape index (κ2) is 6.55. The number of nitrogens with two attached hydrogens (primary N) is 1. The molecule has 0 aliphatic heterocycles. The molecule has 0 spiro atoms. The van der Waals surface area contributed by atoms with Crippen LogP contribution in [0.25, 0.3) is 0 Å². The molecule has 2 unspecified atom stereocenters. The summed E-state index contributed by atoms with van der Waals surface area (Å²) < 4.78 is 64.2. The van der Waals surface area contributed by atoms with Gasteiger partial charge in [-0.25, -0.2) is 13.6 Å². The van der Waals surface area contributed by atoms with Gasteiger partial charge in [-0.05, 0) is 12.5 Å². The number of halogens is 3. The van der Waals surface area contributed by atoms with Crippen LogP contribution in [0.5, 0.6) is 0 Å². The van der Waals surface area contributed by atoms with Crippen LogP contribution in [0, 0.1) is 0 Å². The zero-order valence-corrected chi connectivity index (χ0v) is 11.6. The predicted molar refractivity (Wildman–Crippen MR) is 68.6 cm³/mol. The summed E-state index contributed by atoms with van der Waals surface area (Å²) >= 11 is 0. The summed E-state index contributed by atoms with van der Waals surface area (Å²) in [6, 6.07) is 8.29.